The van der Waals surface area contributed by atoms with Crippen molar-refractivity contribution in [2.24, 2.45) is 5.92 Å². The molecule has 2 rings (SSSR count). The van der Waals surface area contributed by atoms with Gasteiger partial charge in [0.15, 0.2) is 0 Å². The lowest BCUT2D eigenvalue weighted by molar-refractivity contribution is 0.111. The van der Waals surface area contributed by atoms with Gasteiger partial charge in [0.05, 0.1) is 6.10 Å². The third-order valence-electron chi connectivity index (χ3n) is 3.23. The van der Waals surface area contributed by atoms with E-state index in [0.717, 1.165) is 6.42 Å². The molecule has 0 bridgehead atoms. The van der Waals surface area contributed by atoms with Gasteiger partial charge in [-0.1, -0.05) is 43.2 Å². The van der Waals surface area contributed by atoms with Gasteiger partial charge in [-0.25, -0.2) is 0 Å². The second-order valence-corrected chi connectivity index (χ2v) is 4.30. The van der Waals surface area contributed by atoms with Crippen molar-refractivity contribution in [1.29, 1.82) is 0 Å². The Bertz CT molecular complexity index is 262. The molecule has 76 valence electrons. The second kappa shape index (κ2) is 4.61. The first-order chi connectivity index (χ1) is 6.86. The molecular weight excluding hydrogens is 172 g/mol. The van der Waals surface area contributed by atoms with Gasteiger partial charge in [-0.2, -0.15) is 0 Å². The lowest BCUT2D eigenvalue weighted by atomic mass is 9.95. The van der Waals surface area contributed by atoms with E-state index in [0.29, 0.717) is 5.92 Å². The van der Waals surface area contributed by atoms with Gasteiger partial charge in [0.25, 0.3) is 0 Å². The topological polar surface area (TPSA) is 20.2 Å². The normalized spacial score (nSPS) is 19.8. The van der Waals surface area contributed by atoms with Crippen LogP contribution in [-0.2, 0) is 6.42 Å². The molecule has 0 amide bonds. The summed E-state index contributed by atoms with van der Waals surface area (Å²) in [5.41, 5.74) is 1.26. The average molecular weight is 190 g/mol. The van der Waals surface area contributed by atoms with Crippen molar-refractivity contribution in [1.82, 2.24) is 0 Å². The summed E-state index contributed by atoms with van der Waals surface area (Å²) in [7, 11) is 0. The van der Waals surface area contributed by atoms with Crippen molar-refractivity contribution in [2.75, 3.05) is 0 Å². The second-order valence-electron chi connectivity index (χ2n) is 4.30. The third-order valence-corrected chi connectivity index (χ3v) is 3.23. The Morgan fingerprint density at radius 2 is 1.79 bits per heavy atom. The lowest BCUT2D eigenvalue weighted by Crippen LogP contribution is -2.20. The maximum absolute atomic E-state index is 10.0. The van der Waals surface area contributed by atoms with E-state index >= 15 is 0 Å². The highest BCUT2D eigenvalue weighted by Gasteiger charge is 2.22. The van der Waals surface area contributed by atoms with E-state index < -0.39 is 0 Å². The quantitative estimate of drug-likeness (QED) is 0.777. The van der Waals surface area contributed by atoms with Crippen LogP contribution in [0.15, 0.2) is 30.3 Å². The Labute approximate surface area is 85.8 Å². The number of aliphatic hydroxyl groups excluding tert-OH is 1. The largest absolute Gasteiger partial charge is 0.392 e. The van der Waals surface area contributed by atoms with Gasteiger partial charge in [-0.15, -0.1) is 0 Å². The van der Waals surface area contributed by atoms with Crippen LogP contribution in [0.25, 0.3) is 0 Å². The molecule has 0 aliphatic heterocycles. The van der Waals surface area contributed by atoms with Crippen LogP contribution >= 0.6 is 0 Å². The average Bonchev–Trinajstić information content (AvgIpc) is 2.72. The number of benzene rings is 1. The molecule has 1 N–H and O–H groups in total. The zero-order valence-electron chi connectivity index (χ0n) is 8.52. The van der Waals surface area contributed by atoms with E-state index in [4.69, 9.17) is 0 Å². The monoisotopic (exact) mass is 190 g/mol. The molecule has 0 saturated heterocycles. The summed E-state index contributed by atoms with van der Waals surface area (Å²) in [5.74, 6) is 0.551. The third kappa shape index (κ3) is 2.36. The molecule has 1 aliphatic carbocycles. The number of rotatable bonds is 3. The SMILES string of the molecule is O[C@@H](Cc1ccccc1)C1CCCC1. The van der Waals surface area contributed by atoms with E-state index in [2.05, 4.69) is 12.1 Å². The fourth-order valence-electron chi connectivity index (χ4n) is 2.36. The molecule has 1 aliphatic rings. The molecule has 0 aromatic heterocycles. The summed E-state index contributed by atoms with van der Waals surface area (Å²) in [5, 5.41) is 10.0. The van der Waals surface area contributed by atoms with Crippen LogP contribution in [0.5, 0.6) is 0 Å². The minimum absolute atomic E-state index is 0.125. The molecular formula is C13H18O. The van der Waals surface area contributed by atoms with Crippen LogP contribution in [0.3, 0.4) is 0 Å². The molecule has 1 heteroatoms. The van der Waals surface area contributed by atoms with Crippen LogP contribution < -0.4 is 0 Å². The van der Waals surface area contributed by atoms with E-state index in [-0.39, 0.29) is 6.10 Å². The van der Waals surface area contributed by atoms with Gasteiger partial charge in [-0.05, 0) is 30.7 Å². The number of hydrogen-bond acceptors (Lipinski definition) is 1. The molecule has 14 heavy (non-hydrogen) atoms. The maximum Gasteiger partial charge on any atom is 0.0608 e. The van der Waals surface area contributed by atoms with Crippen LogP contribution in [0.1, 0.15) is 31.2 Å². The maximum atomic E-state index is 10.0. The highest BCUT2D eigenvalue weighted by molar-refractivity contribution is 5.15. The Kier molecular flexibility index (Phi) is 3.20. The van der Waals surface area contributed by atoms with Gasteiger partial charge in [0.2, 0.25) is 0 Å². The standard InChI is InChI=1S/C13H18O/c14-13(12-8-4-5-9-12)10-11-6-2-1-3-7-11/h1-3,6-7,12-14H,4-5,8-10H2/t13-/m0/s1. The van der Waals surface area contributed by atoms with Crippen molar-refractivity contribution in [3.63, 3.8) is 0 Å². The van der Waals surface area contributed by atoms with E-state index in [1.807, 2.05) is 18.2 Å². The zero-order valence-corrected chi connectivity index (χ0v) is 8.52. The summed E-state index contributed by atoms with van der Waals surface area (Å²) in [4.78, 5) is 0. The van der Waals surface area contributed by atoms with E-state index in [1.54, 1.807) is 0 Å². The zero-order chi connectivity index (χ0) is 9.80. The summed E-state index contributed by atoms with van der Waals surface area (Å²) in [6.07, 6.45) is 5.74. The summed E-state index contributed by atoms with van der Waals surface area (Å²) >= 11 is 0. The minimum Gasteiger partial charge on any atom is -0.392 e. The van der Waals surface area contributed by atoms with Gasteiger partial charge in [0, 0.05) is 0 Å². The van der Waals surface area contributed by atoms with Gasteiger partial charge >= 0.3 is 0 Å². The van der Waals surface area contributed by atoms with E-state index in [9.17, 15) is 5.11 Å². The molecule has 1 aromatic carbocycles. The highest BCUT2D eigenvalue weighted by Crippen LogP contribution is 2.28. The Hall–Kier alpha value is -0.820. The first-order valence-corrected chi connectivity index (χ1v) is 5.58. The van der Waals surface area contributed by atoms with Crippen molar-refractivity contribution in [3.05, 3.63) is 35.9 Å². The number of hydrogen-bond donors (Lipinski definition) is 1. The van der Waals surface area contributed by atoms with Crippen molar-refractivity contribution >= 4 is 0 Å². The van der Waals surface area contributed by atoms with Crippen LogP contribution in [0, 0.1) is 5.92 Å². The first kappa shape index (κ1) is 9.72. The van der Waals surface area contributed by atoms with E-state index in [1.165, 1.54) is 31.2 Å². The summed E-state index contributed by atoms with van der Waals surface area (Å²) in [6.45, 7) is 0. The smallest absolute Gasteiger partial charge is 0.0608 e. The van der Waals surface area contributed by atoms with Gasteiger partial charge < -0.3 is 5.11 Å². The number of aliphatic hydroxyl groups is 1. The lowest BCUT2D eigenvalue weighted by Gasteiger charge is -2.17. The first-order valence-electron chi connectivity index (χ1n) is 5.58. The molecule has 1 fully saturated rings. The summed E-state index contributed by atoms with van der Waals surface area (Å²) < 4.78 is 0. The fraction of sp³-hybridized carbons (Fsp3) is 0.538. The molecule has 0 heterocycles. The van der Waals surface area contributed by atoms with Crippen LogP contribution in [-0.4, -0.2) is 11.2 Å². The fourth-order valence-corrected chi connectivity index (χ4v) is 2.36. The van der Waals surface area contributed by atoms with Crippen LogP contribution in [0.4, 0.5) is 0 Å². The van der Waals surface area contributed by atoms with Crippen molar-refractivity contribution in [2.45, 2.75) is 38.2 Å². The van der Waals surface area contributed by atoms with Crippen molar-refractivity contribution in [3.8, 4) is 0 Å². The molecule has 1 aromatic rings. The van der Waals surface area contributed by atoms with Crippen LogP contribution in [0.2, 0.25) is 0 Å². The highest BCUT2D eigenvalue weighted by atomic mass is 16.3. The predicted molar refractivity (Wildman–Crippen MR) is 58.1 cm³/mol. The van der Waals surface area contributed by atoms with Gasteiger partial charge in [0.1, 0.15) is 0 Å². The predicted octanol–water partition coefficient (Wildman–Crippen LogP) is 2.78. The molecule has 1 nitrogen and oxygen atoms in total. The Morgan fingerprint density at radius 1 is 1.14 bits per heavy atom. The molecule has 1 saturated carbocycles. The molecule has 0 radical (unpaired) electrons. The van der Waals surface area contributed by atoms with Gasteiger partial charge in [-0.3, -0.25) is 0 Å². The molecule has 1 atom stereocenters. The molecule has 0 unspecified atom stereocenters. The summed E-state index contributed by atoms with van der Waals surface area (Å²) in [6, 6.07) is 10.3. The Morgan fingerprint density at radius 3 is 2.43 bits per heavy atom. The Balaban J connectivity index is 1.90. The minimum atomic E-state index is -0.125. The van der Waals surface area contributed by atoms with Crippen molar-refractivity contribution < 1.29 is 5.11 Å². The molecule has 0 spiro atoms.